The minimum Gasteiger partial charge on any atom is -0.508 e. The number of benzene rings is 1. The van der Waals surface area contributed by atoms with Gasteiger partial charge in [0.2, 0.25) is 5.91 Å². The van der Waals surface area contributed by atoms with Gasteiger partial charge in [0.25, 0.3) is 0 Å². The number of hydrogen-bond donors (Lipinski definition) is 1. The molecule has 110 valence electrons. The third kappa shape index (κ3) is 4.42. The number of phenolic OH excluding ortho intramolecular Hbond substituents is 1. The Kier molecular flexibility index (Phi) is 5.24. The van der Waals surface area contributed by atoms with E-state index in [0.29, 0.717) is 25.4 Å². The fourth-order valence-electron chi connectivity index (χ4n) is 2.22. The van der Waals surface area contributed by atoms with Crippen LogP contribution in [0, 0.1) is 0 Å². The maximum atomic E-state index is 12.0. The van der Waals surface area contributed by atoms with Gasteiger partial charge in [0.05, 0.1) is 13.1 Å². The van der Waals surface area contributed by atoms with E-state index < -0.39 is 0 Å². The number of nitrogens with zero attached hydrogens (tertiary/aromatic N) is 2. The van der Waals surface area contributed by atoms with E-state index in [9.17, 15) is 4.79 Å². The standard InChI is InChI=1S/C15H22N2O3/c1-16(15(19)12-17-8-2-3-9-17)10-11-20-14-6-4-13(18)5-7-14/h4-7,18H,2-3,8-12H2,1H3. The summed E-state index contributed by atoms with van der Waals surface area (Å²) in [6.45, 7) is 3.59. The molecular formula is C15H22N2O3. The molecule has 0 radical (unpaired) electrons. The van der Waals surface area contributed by atoms with Gasteiger partial charge in [-0.25, -0.2) is 0 Å². The highest BCUT2D eigenvalue weighted by atomic mass is 16.5. The molecule has 1 aromatic carbocycles. The van der Waals surface area contributed by atoms with Crippen LogP contribution in [-0.2, 0) is 4.79 Å². The van der Waals surface area contributed by atoms with Crippen LogP contribution in [0.5, 0.6) is 11.5 Å². The number of aromatic hydroxyl groups is 1. The number of phenols is 1. The number of likely N-dealkylation sites (N-methyl/N-ethyl adjacent to an activating group) is 1. The Morgan fingerprint density at radius 1 is 1.30 bits per heavy atom. The van der Waals surface area contributed by atoms with Crippen LogP contribution in [0.1, 0.15) is 12.8 Å². The minimum absolute atomic E-state index is 0.140. The maximum Gasteiger partial charge on any atom is 0.236 e. The van der Waals surface area contributed by atoms with Crippen LogP contribution in [0.2, 0.25) is 0 Å². The van der Waals surface area contributed by atoms with Crippen LogP contribution < -0.4 is 4.74 Å². The zero-order chi connectivity index (χ0) is 14.4. The molecule has 0 atom stereocenters. The van der Waals surface area contributed by atoms with E-state index >= 15 is 0 Å². The van der Waals surface area contributed by atoms with Crippen molar-refractivity contribution < 1.29 is 14.6 Å². The normalized spacial score (nSPS) is 15.2. The van der Waals surface area contributed by atoms with Crippen molar-refractivity contribution in [2.24, 2.45) is 0 Å². The summed E-state index contributed by atoms with van der Waals surface area (Å²) in [5.74, 6) is 1.06. The second-order valence-corrected chi connectivity index (χ2v) is 5.14. The summed E-state index contributed by atoms with van der Waals surface area (Å²) in [4.78, 5) is 15.9. The fraction of sp³-hybridized carbons (Fsp3) is 0.533. The summed E-state index contributed by atoms with van der Waals surface area (Å²) in [6.07, 6.45) is 2.39. The van der Waals surface area contributed by atoms with E-state index in [2.05, 4.69) is 4.90 Å². The molecule has 1 fully saturated rings. The van der Waals surface area contributed by atoms with Crippen molar-refractivity contribution in [1.82, 2.24) is 9.80 Å². The van der Waals surface area contributed by atoms with Crippen molar-refractivity contribution >= 4 is 5.91 Å². The van der Waals surface area contributed by atoms with Gasteiger partial charge in [-0.15, -0.1) is 0 Å². The summed E-state index contributed by atoms with van der Waals surface area (Å²) in [7, 11) is 1.80. The van der Waals surface area contributed by atoms with E-state index in [0.717, 1.165) is 13.1 Å². The Hall–Kier alpha value is -1.75. The summed E-state index contributed by atoms with van der Waals surface area (Å²) in [6, 6.07) is 6.58. The highest BCUT2D eigenvalue weighted by Gasteiger charge is 2.17. The molecule has 2 rings (SSSR count). The van der Waals surface area contributed by atoms with Gasteiger partial charge in [-0.05, 0) is 50.2 Å². The molecule has 1 amide bonds. The molecule has 5 nitrogen and oxygen atoms in total. The SMILES string of the molecule is CN(CCOc1ccc(O)cc1)C(=O)CN1CCCC1. The predicted molar refractivity (Wildman–Crippen MR) is 76.9 cm³/mol. The quantitative estimate of drug-likeness (QED) is 0.853. The lowest BCUT2D eigenvalue weighted by atomic mass is 10.3. The van der Waals surface area contributed by atoms with Gasteiger partial charge >= 0.3 is 0 Å². The molecule has 1 heterocycles. The first-order valence-corrected chi connectivity index (χ1v) is 7.03. The molecule has 1 aromatic rings. The van der Waals surface area contributed by atoms with Gasteiger partial charge in [0, 0.05) is 7.05 Å². The van der Waals surface area contributed by atoms with Crippen LogP contribution >= 0.6 is 0 Å². The van der Waals surface area contributed by atoms with Crippen molar-refractivity contribution in [2.45, 2.75) is 12.8 Å². The molecule has 0 aromatic heterocycles. The average molecular weight is 278 g/mol. The highest BCUT2D eigenvalue weighted by Crippen LogP contribution is 2.15. The number of amides is 1. The molecule has 0 saturated carbocycles. The minimum atomic E-state index is 0.140. The van der Waals surface area contributed by atoms with Gasteiger partial charge in [-0.3, -0.25) is 9.69 Å². The first-order valence-electron chi connectivity index (χ1n) is 7.03. The van der Waals surface area contributed by atoms with Crippen LogP contribution in [0.25, 0.3) is 0 Å². The van der Waals surface area contributed by atoms with Gasteiger partial charge in [0.15, 0.2) is 0 Å². The number of rotatable bonds is 6. The zero-order valence-corrected chi connectivity index (χ0v) is 11.9. The Morgan fingerprint density at radius 2 is 1.95 bits per heavy atom. The van der Waals surface area contributed by atoms with Crippen LogP contribution in [0.4, 0.5) is 0 Å². The number of hydrogen-bond acceptors (Lipinski definition) is 4. The van der Waals surface area contributed by atoms with E-state index in [1.165, 1.54) is 12.8 Å². The second-order valence-electron chi connectivity index (χ2n) is 5.14. The van der Waals surface area contributed by atoms with Gasteiger partial charge < -0.3 is 14.7 Å². The number of carbonyl (C=O) groups is 1. The van der Waals surface area contributed by atoms with Crippen molar-refractivity contribution in [3.63, 3.8) is 0 Å². The zero-order valence-electron chi connectivity index (χ0n) is 11.9. The fourth-order valence-corrected chi connectivity index (χ4v) is 2.22. The Labute approximate surface area is 119 Å². The Balaban J connectivity index is 1.67. The predicted octanol–water partition coefficient (Wildman–Crippen LogP) is 1.33. The topological polar surface area (TPSA) is 53.0 Å². The van der Waals surface area contributed by atoms with Gasteiger partial charge in [-0.1, -0.05) is 0 Å². The molecule has 0 aliphatic carbocycles. The molecule has 1 aliphatic heterocycles. The summed E-state index contributed by atoms with van der Waals surface area (Å²) in [5, 5.41) is 9.17. The van der Waals surface area contributed by atoms with E-state index in [1.54, 1.807) is 36.2 Å². The van der Waals surface area contributed by atoms with E-state index in [1.807, 2.05) is 0 Å². The molecule has 0 bridgehead atoms. The third-order valence-electron chi connectivity index (χ3n) is 3.52. The molecule has 1 aliphatic rings. The molecule has 1 saturated heterocycles. The van der Waals surface area contributed by atoms with Crippen LogP contribution in [-0.4, -0.2) is 60.6 Å². The molecule has 0 unspecified atom stereocenters. The molecule has 5 heteroatoms. The van der Waals surface area contributed by atoms with Crippen molar-refractivity contribution in [1.29, 1.82) is 0 Å². The van der Waals surface area contributed by atoms with E-state index in [-0.39, 0.29) is 11.7 Å². The molecule has 0 spiro atoms. The van der Waals surface area contributed by atoms with E-state index in [4.69, 9.17) is 9.84 Å². The Bertz CT molecular complexity index is 427. The first kappa shape index (κ1) is 14.7. The van der Waals surface area contributed by atoms with Crippen molar-refractivity contribution in [3.8, 4) is 11.5 Å². The first-order chi connectivity index (χ1) is 9.65. The lowest BCUT2D eigenvalue weighted by molar-refractivity contribution is -0.131. The van der Waals surface area contributed by atoms with Crippen molar-refractivity contribution in [3.05, 3.63) is 24.3 Å². The maximum absolute atomic E-state index is 12.0. The summed E-state index contributed by atoms with van der Waals surface area (Å²) in [5.41, 5.74) is 0. The van der Waals surface area contributed by atoms with Crippen LogP contribution in [0.15, 0.2) is 24.3 Å². The number of carbonyl (C=O) groups excluding carboxylic acids is 1. The third-order valence-corrected chi connectivity index (χ3v) is 3.52. The summed E-state index contributed by atoms with van der Waals surface area (Å²) >= 11 is 0. The molecule has 1 N–H and O–H groups in total. The Morgan fingerprint density at radius 3 is 2.60 bits per heavy atom. The number of likely N-dealkylation sites (tertiary alicyclic amines) is 1. The summed E-state index contributed by atoms with van der Waals surface area (Å²) < 4.78 is 5.53. The van der Waals surface area contributed by atoms with Gasteiger partial charge in [-0.2, -0.15) is 0 Å². The lowest BCUT2D eigenvalue weighted by Gasteiger charge is -2.21. The lowest BCUT2D eigenvalue weighted by Crippen LogP contribution is -2.38. The largest absolute Gasteiger partial charge is 0.508 e. The van der Waals surface area contributed by atoms with Crippen molar-refractivity contribution in [2.75, 3.05) is 39.8 Å². The molecule has 20 heavy (non-hydrogen) atoms. The monoisotopic (exact) mass is 278 g/mol. The van der Waals surface area contributed by atoms with Crippen LogP contribution in [0.3, 0.4) is 0 Å². The average Bonchev–Trinajstić information content (AvgIpc) is 2.93. The smallest absolute Gasteiger partial charge is 0.236 e. The number of ether oxygens (including phenoxy) is 1. The molecular weight excluding hydrogens is 256 g/mol. The second kappa shape index (κ2) is 7.14. The highest BCUT2D eigenvalue weighted by molar-refractivity contribution is 5.78. The van der Waals surface area contributed by atoms with Gasteiger partial charge in [0.1, 0.15) is 18.1 Å².